The van der Waals surface area contributed by atoms with E-state index in [9.17, 15) is 4.79 Å². The van der Waals surface area contributed by atoms with Gasteiger partial charge in [-0.3, -0.25) is 9.69 Å². The summed E-state index contributed by atoms with van der Waals surface area (Å²) in [5, 5.41) is 9.46. The standard InChI is InChI=1S/C22H37N5O4/c1-5-9-24-21(28)16-26-22(23-6-2)25-15-18(27-10-12-31-13-11-27)17-7-8-19(29-3)20(14-17)30-4/h7-8,14,18H,5-6,9-13,15-16H2,1-4H3,(H,24,28)(H2,23,25,26). The van der Waals surface area contributed by atoms with Crippen LogP contribution in [-0.4, -0.2) is 83.5 Å². The first kappa shape index (κ1) is 24.7. The number of aliphatic imine (C=N–C) groups is 1. The van der Waals surface area contributed by atoms with Gasteiger partial charge in [0.25, 0.3) is 0 Å². The van der Waals surface area contributed by atoms with E-state index >= 15 is 0 Å². The summed E-state index contributed by atoms with van der Waals surface area (Å²) in [6, 6.07) is 6.09. The maximum Gasteiger partial charge on any atom is 0.241 e. The van der Waals surface area contributed by atoms with Gasteiger partial charge in [0.05, 0.1) is 33.5 Å². The van der Waals surface area contributed by atoms with Crippen LogP contribution in [0.3, 0.4) is 0 Å². The highest BCUT2D eigenvalue weighted by Gasteiger charge is 2.24. The lowest BCUT2D eigenvalue weighted by atomic mass is 10.0. The third-order valence-corrected chi connectivity index (χ3v) is 5.04. The van der Waals surface area contributed by atoms with Crippen molar-refractivity contribution in [2.75, 3.05) is 66.7 Å². The minimum Gasteiger partial charge on any atom is -0.493 e. The number of morpholine rings is 1. The average Bonchev–Trinajstić information content (AvgIpc) is 2.81. The quantitative estimate of drug-likeness (QED) is 0.355. The van der Waals surface area contributed by atoms with Gasteiger partial charge in [0, 0.05) is 32.7 Å². The lowest BCUT2D eigenvalue weighted by molar-refractivity contribution is -0.119. The molecule has 3 N–H and O–H groups in total. The van der Waals surface area contributed by atoms with Crippen molar-refractivity contribution >= 4 is 11.9 Å². The summed E-state index contributed by atoms with van der Waals surface area (Å²) in [5.41, 5.74) is 1.11. The fraction of sp³-hybridized carbons (Fsp3) is 0.636. The summed E-state index contributed by atoms with van der Waals surface area (Å²) in [5.74, 6) is 1.94. The third kappa shape index (κ3) is 7.91. The van der Waals surface area contributed by atoms with Crippen molar-refractivity contribution in [3.63, 3.8) is 0 Å². The fourth-order valence-corrected chi connectivity index (χ4v) is 3.41. The predicted octanol–water partition coefficient (Wildman–Crippen LogP) is 1.16. The Kier molecular flexibility index (Phi) is 10.9. The van der Waals surface area contributed by atoms with Crippen LogP contribution in [0, 0.1) is 0 Å². The Morgan fingerprint density at radius 2 is 1.87 bits per heavy atom. The molecule has 0 bridgehead atoms. The summed E-state index contributed by atoms with van der Waals surface area (Å²) < 4.78 is 16.4. The molecule has 0 aliphatic carbocycles. The molecule has 31 heavy (non-hydrogen) atoms. The highest BCUT2D eigenvalue weighted by molar-refractivity contribution is 5.84. The zero-order chi connectivity index (χ0) is 22.5. The molecule has 1 amide bonds. The van der Waals surface area contributed by atoms with Gasteiger partial charge in [-0.1, -0.05) is 13.0 Å². The second kappa shape index (κ2) is 13.7. The normalized spacial score (nSPS) is 15.8. The highest BCUT2D eigenvalue weighted by atomic mass is 16.5. The smallest absolute Gasteiger partial charge is 0.241 e. The van der Waals surface area contributed by atoms with Crippen LogP contribution >= 0.6 is 0 Å². The number of carbonyl (C=O) groups is 1. The number of hydrogen-bond donors (Lipinski definition) is 3. The highest BCUT2D eigenvalue weighted by Crippen LogP contribution is 2.32. The number of guanidine groups is 1. The summed E-state index contributed by atoms with van der Waals surface area (Å²) in [6.07, 6.45) is 0.903. The topological polar surface area (TPSA) is 96.5 Å². The molecule has 0 spiro atoms. The first-order valence-electron chi connectivity index (χ1n) is 11.0. The molecule has 1 aromatic carbocycles. The molecule has 0 aromatic heterocycles. The van der Waals surface area contributed by atoms with E-state index in [0.717, 1.165) is 25.1 Å². The molecule has 1 aliphatic heterocycles. The number of carbonyl (C=O) groups excluding carboxylic acids is 1. The van der Waals surface area contributed by atoms with E-state index in [-0.39, 0.29) is 18.5 Å². The van der Waals surface area contributed by atoms with Gasteiger partial charge in [0.2, 0.25) is 5.91 Å². The number of amides is 1. The molecule has 0 saturated carbocycles. The lowest BCUT2D eigenvalue weighted by Gasteiger charge is -2.35. The molecular formula is C22H37N5O4. The number of ether oxygens (including phenoxy) is 3. The van der Waals surface area contributed by atoms with Crippen LogP contribution in [-0.2, 0) is 9.53 Å². The summed E-state index contributed by atoms with van der Waals surface area (Å²) in [7, 11) is 3.28. The first-order valence-corrected chi connectivity index (χ1v) is 11.0. The minimum absolute atomic E-state index is 0.0799. The van der Waals surface area contributed by atoms with Crippen LogP contribution in [0.5, 0.6) is 11.5 Å². The van der Waals surface area contributed by atoms with E-state index in [1.165, 1.54) is 0 Å². The maximum absolute atomic E-state index is 11.9. The molecule has 1 heterocycles. The van der Waals surface area contributed by atoms with Gasteiger partial charge in [-0.2, -0.15) is 0 Å². The molecule has 1 unspecified atom stereocenters. The minimum atomic E-state index is -0.0799. The Hall–Kier alpha value is -2.52. The van der Waals surface area contributed by atoms with E-state index in [0.29, 0.717) is 50.3 Å². The molecule has 2 rings (SSSR count). The van der Waals surface area contributed by atoms with Crippen LogP contribution in [0.25, 0.3) is 0 Å². The SMILES string of the molecule is CCCNC(=O)CN=C(NCC)NCC(c1ccc(OC)c(OC)c1)N1CCOCC1. The monoisotopic (exact) mass is 435 g/mol. The lowest BCUT2D eigenvalue weighted by Crippen LogP contribution is -2.46. The van der Waals surface area contributed by atoms with Crippen LogP contribution in [0.1, 0.15) is 31.9 Å². The zero-order valence-electron chi connectivity index (χ0n) is 19.2. The summed E-state index contributed by atoms with van der Waals surface area (Å²) in [6.45, 7) is 9.20. The van der Waals surface area contributed by atoms with Gasteiger partial charge in [0.15, 0.2) is 17.5 Å². The Morgan fingerprint density at radius 3 is 2.52 bits per heavy atom. The molecule has 1 saturated heterocycles. The molecule has 1 aliphatic rings. The fourth-order valence-electron chi connectivity index (χ4n) is 3.41. The zero-order valence-corrected chi connectivity index (χ0v) is 19.2. The molecule has 1 fully saturated rings. The summed E-state index contributed by atoms with van der Waals surface area (Å²) >= 11 is 0. The largest absolute Gasteiger partial charge is 0.493 e. The number of hydrogen-bond acceptors (Lipinski definition) is 6. The van der Waals surface area contributed by atoms with Gasteiger partial charge < -0.3 is 30.2 Å². The number of nitrogens with one attached hydrogen (secondary N) is 3. The molecule has 174 valence electrons. The molecule has 1 atom stereocenters. The van der Waals surface area contributed by atoms with Gasteiger partial charge >= 0.3 is 0 Å². The van der Waals surface area contributed by atoms with Gasteiger partial charge in [0.1, 0.15) is 6.54 Å². The Labute approximate surface area is 185 Å². The van der Waals surface area contributed by atoms with E-state index in [1.807, 2.05) is 26.0 Å². The molecule has 0 radical (unpaired) electrons. The van der Waals surface area contributed by atoms with E-state index in [2.05, 4.69) is 31.9 Å². The van der Waals surface area contributed by atoms with Crippen molar-refractivity contribution < 1.29 is 19.0 Å². The van der Waals surface area contributed by atoms with Crippen LogP contribution in [0.15, 0.2) is 23.2 Å². The van der Waals surface area contributed by atoms with E-state index < -0.39 is 0 Å². The number of nitrogens with zero attached hydrogens (tertiary/aromatic N) is 2. The predicted molar refractivity (Wildman–Crippen MR) is 122 cm³/mol. The number of rotatable bonds is 11. The molecule has 9 heteroatoms. The number of benzene rings is 1. The van der Waals surface area contributed by atoms with Crippen LogP contribution < -0.4 is 25.4 Å². The van der Waals surface area contributed by atoms with Gasteiger partial charge in [-0.25, -0.2) is 4.99 Å². The Balaban J connectivity index is 2.15. The molecule has 9 nitrogen and oxygen atoms in total. The van der Waals surface area contributed by atoms with Crippen molar-refractivity contribution in [3.8, 4) is 11.5 Å². The third-order valence-electron chi connectivity index (χ3n) is 5.04. The van der Waals surface area contributed by atoms with Gasteiger partial charge in [-0.15, -0.1) is 0 Å². The molecule has 1 aromatic rings. The summed E-state index contributed by atoms with van der Waals surface area (Å²) in [4.78, 5) is 18.7. The number of methoxy groups -OCH3 is 2. The van der Waals surface area contributed by atoms with Crippen LogP contribution in [0.4, 0.5) is 0 Å². The van der Waals surface area contributed by atoms with Crippen molar-refractivity contribution in [2.45, 2.75) is 26.3 Å². The van der Waals surface area contributed by atoms with Gasteiger partial charge in [-0.05, 0) is 31.0 Å². The van der Waals surface area contributed by atoms with Crippen molar-refractivity contribution in [2.24, 2.45) is 4.99 Å². The Morgan fingerprint density at radius 1 is 1.13 bits per heavy atom. The average molecular weight is 436 g/mol. The van der Waals surface area contributed by atoms with Crippen molar-refractivity contribution in [1.29, 1.82) is 0 Å². The van der Waals surface area contributed by atoms with Crippen LogP contribution in [0.2, 0.25) is 0 Å². The van der Waals surface area contributed by atoms with Crippen molar-refractivity contribution in [1.82, 2.24) is 20.9 Å². The second-order valence-corrected chi connectivity index (χ2v) is 7.20. The Bertz CT molecular complexity index is 707. The molecular weight excluding hydrogens is 398 g/mol. The van der Waals surface area contributed by atoms with E-state index in [4.69, 9.17) is 14.2 Å². The second-order valence-electron chi connectivity index (χ2n) is 7.20. The van der Waals surface area contributed by atoms with Crippen molar-refractivity contribution in [3.05, 3.63) is 23.8 Å². The van der Waals surface area contributed by atoms with E-state index in [1.54, 1.807) is 14.2 Å². The maximum atomic E-state index is 11.9. The first-order chi connectivity index (χ1) is 15.1.